The number of methoxy groups -OCH3 is 1. The molecule has 1 unspecified atom stereocenters. The smallest absolute Gasteiger partial charge is 0.326 e. The standard InChI is InChI=1S/C27H28ClNO4S.C3H8O.C2H6/c1-18-6-3-4-9-22(18)24-15-20(17-33-16-19-7-5-8-21(28)14-19)10-11-23(24)26(30)29-25(27(31)32)12-13-34-2;1-3-4-2;1-2/h3-11,14-15,25H,12-13,16-17H2,1-2H3,(H,29,30)(H,31,32);3H2,1-2H3;1-2H3. The average molecular weight is 588 g/mol. The summed E-state index contributed by atoms with van der Waals surface area (Å²) >= 11 is 7.59. The van der Waals surface area contributed by atoms with Gasteiger partial charge in [-0.1, -0.05) is 67.9 Å². The number of hydrogen-bond acceptors (Lipinski definition) is 5. The maximum Gasteiger partial charge on any atom is 0.326 e. The number of ether oxygens (including phenoxy) is 2. The van der Waals surface area contributed by atoms with Gasteiger partial charge in [-0.3, -0.25) is 4.79 Å². The van der Waals surface area contributed by atoms with Crippen molar-refractivity contribution < 1.29 is 24.2 Å². The molecule has 0 radical (unpaired) electrons. The lowest BCUT2D eigenvalue weighted by Gasteiger charge is -2.18. The van der Waals surface area contributed by atoms with Gasteiger partial charge in [0.2, 0.25) is 0 Å². The van der Waals surface area contributed by atoms with Gasteiger partial charge in [0.1, 0.15) is 6.04 Å². The van der Waals surface area contributed by atoms with Crippen LogP contribution >= 0.6 is 23.4 Å². The van der Waals surface area contributed by atoms with Crippen molar-refractivity contribution in [3.63, 3.8) is 0 Å². The van der Waals surface area contributed by atoms with E-state index >= 15 is 0 Å². The van der Waals surface area contributed by atoms with Gasteiger partial charge in [-0.05, 0) is 84.4 Å². The molecule has 0 saturated heterocycles. The fourth-order valence-electron chi connectivity index (χ4n) is 3.62. The lowest BCUT2D eigenvalue weighted by molar-refractivity contribution is -0.139. The molecule has 0 saturated carbocycles. The largest absolute Gasteiger partial charge is 0.480 e. The molecule has 1 atom stereocenters. The summed E-state index contributed by atoms with van der Waals surface area (Å²) in [7, 11) is 1.68. The monoisotopic (exact) mass is 587 g/mol. The Morgan fingerprint density at radius 1 is 0.975 bits per heavy atom. The molecular formula is C32H42ClNO5S. The zero-order valence-electron chi connectivity index (χ0n) is 24.3. The molecule has 3 rings (SSSR count). The highest BCUT2D eigenvalue weighted by molar-refractivity contribution is 7.98. The van der Waals surface area contributed by atoms with E-state index in [2.05, 4.69) is 10.1 Å². The van der Waals surface area contributed by atoms with Gasteiger partial charge in [0, 0.05) is 24.3 Å². The number of halogens is 1. The minimum atomic E-state index is -1.04. The molecule has 1 amide bonds. The van der Waals surface area contributed by atoms with Gasteiger partial charge >= 0.3 is 5.97 Å². The van der Waals surface area contributed by atoms with Crippen LogP contribution in [0.1, 0.15) is 54.2 Å². The predicted molar refractivity (Wildman–Crippen MR) is 167 cm³/mol. The number of carbonyl (C=O) groups is 2. The molecule has 2 N–H and O–H groups in total. The first kappa shape index (κ1) is 35.2. The van der Waals surface area contributed by atoms with Crippen LogP contribution < -0.4 is 5.32 Å². The highest BCUT2D eigenvalue weighted by Gasteiger charge is 2.22. The van der Waals surface area contributed by atoms with Gasteiger partial charge in [-0.15, -0.1) is 0 Å². The van der Waals surface area contributed by atoms with E-state index in [1.54, 1.807) is 24.9 Å². The maximum absolute atomic E-state index is 13.1. The third kappa shape index (κ3) is 12.1. The second kappa shape index (κ2) is 20.1. The van der Waals surface area contributed by atoms with Crippen LogP contribution in [0.3, 0.4) is 0 Å². The number of carboxylic acid groups (broad SMARTS) is 1. The molecule has 0 aliphatic carbocycles. The number of amides is 1. The Morgan fingerprint density at radius 2 is 1.62 bits per heavy atom. The van der Waals surface area contributed by atoms with Crippen molar-refractivity contribution in [1.82, 2.24) is 5.32 Å². The van der Waals surface area contributed by atoms with E-state index in [0.717, 1.165) is 34.4 Å². The zero-order chi connectivity index (χ0) is 29.9. The highest BCUT2D eigenvalue weighted by Crippen LogP contribution is 2.29. The van der Waals surface area contributed by atoms with Crippen LogP contribution in [0.15, 0.2) is 66.7 Å². The maximum atomic E-state index is 13.1. The van der Waals surface area contributed by atoms with Crippen molar-refractivity contribution in [2.24, 2.45) is 0 Å². The van der Waals surface area contributed by atoms with Crippen LogP contribution in [0.5, 0.6) is 0 Å². The summed E-state index contributed by atoms with van der Waals surface area (Å²) in [6.07, 6.45) is 2.27. The first-order valence-corrected chi connectivity index (χ1v) is 15.1. The van der Waals surface area contributed by atoms with Crippen molar-refractivity contribution in [1.29, 1.82) is 0 Å². The Bertz CT molecular complexity index is 1190. The van der Waals surface area contributed by atoms with Crippen molar-refractivity contribution in [2.75, 3.05) is 25.7 Å². The van der Waals surface area contributed by atoms with Crippen LogP contribution in [0.25, 0.3) is 11.1 Å². The molecule has 0 fully saturated rings. The molecule has 40 heavy (non-hydrogen) atoms. The molecule has 0 spiro atoms. The van der Waals surface area contributed by atoms with E-state index in [9.17, 15) is 14.7 Å². The van der Waals surface area contributed by atoms with Gasteiger partial charge in [-0.2, -0.15) is 11.8 Å². The number of thioether (sulfide) groups is 1. The van der Waals surface area contributed by atoms with E-state index in [4.69, 9.17) is 16.3 Å². The Balaban J connectivity index is 0.00000122. The molecule has 6 nitrogen and oxygen atoms in total. The zero-order valence-corrected chi connectivity index (χ0v) is 25.9. The summed E-state index contributed by atoms with van der Waals surface area (Å²) in [5.41, 5.74) is 5.00. The quantitative estimate of drug-likeness (QED) is 0.226. The number of rotatable bonds is 12. The van der Waals surface area contributed by atoms with E-state index in [0.29, 0.717) is 36.0 Å². The number of nitrogens with one attached hydrogen (secondary N) is 1. The van der Waals surface area contributed by atoms with E-state index in [-0.39, 0.29) is 0 Å². The summed E-state index contributed by atoms with van der Waals surface area (Å²) in [5, 5.41) is 12.9. The van der Waals surface area contributed by atoms with Crippen molar-refractivity contribution in [3.05, 3.63) is 94.0 Å². The van der Waals surface area contributed by atoms with Crippen molar-refractivity contribution in [3.8, 4) is 11.1 Å². The second-order valence-corrected chi connectivity index (χ2v) is 9.96. The van der Waals surface area contributed by atoms with Gasteiger partial charge < -0.3 is 19.9 Å². The predicted octanol–water partition coefficient (Wildman–Crippen LogP) is 7.65. The molecule has 0 aliphatic rings. The van der Waals surface area contributed by atoms with Crippen molar-refractivity contribution >= 4 is 35.2 Å². The van der Waals surface area contributed by atoms with E-state index < -0.39 is 17.9 Å². The number of aryl methyl sites for hydroxylation is 1. The normalized spacial score (nSPS) is 10.9. The number of benzene rings is 3. The van der Waals surface area contributed by atoms with Gasteiger partial charge in [0.05, 0.1) is 13.2 Å². The van der Waals surface area contributed by atoms with Crippen LogP contribution in [-0.2, 0) is 27.5 Å². The van der Waals surface area contributed by atoms with Gasteiger partial charge in [0.25, 0.3) is 5.91 Å². The Hall–Kier alpha value is -2.84. The molecule has 0 bridgehead atoms. The summed E-state index contributed by atoms with van der Waals surface area (Å²) in [6, 6.07) is 19.9. The molecule has 218 valence electrons. The molecule has 3 aromatic rings. The first-order valence-electron chi connectivity index (χ1n) is 13.3. The minimum absolute atomic E-state index is 0.358. The number of carboxylic acids is 1. The third-order valence-corrected chi connectivity index (χ3v) is 6.57. The lowest BCUT2D eigenvalue weighted by Crippen LogP contribution is -2.41. The SMILES string of the molecule is CC.CCOC.CSCCC(NC(=O)c1ccc(COCc2cccc(Cl)c2)cc1-c1ccccc1C)C(=O)O. The molecule has 0 aliphatic heterocycles. The number of carbonyl (C=O) groups excluding carboxylic acids is 1. The van der Waals surface area contributed by atoms with Crippen LogP contribution in [-0.4, -0.2) is 48.8 Å². The van der Waals surface area contributed by atoms with E-state index in [1.165, 1.54) is 0 Å². The fourth-order valence-corrected chi connectivity index (χ4v) is 4.30. The van der Waals surface area contributed by atoms with Crippen LogP contribution in [0, 0.1) is 6.92 Å². The minimum Gasteiger partial charge on any atom is -0.480 e. The Kier molecular flexibility index (Phi) is 17.7. The molecule has 3 aromatic carbocycles. The summed E-state index contributed by atoms with van der Waals surface area (Å²) in [4.78, 5) is 24.8. The first-order chi connectivity index (χ1) is 19.3. The lowest BCUT2D eigenvalue weighted by atomic mass is 9.93. The average Bonchev–Trinajstić information content (AvgIpc) is 2.96. The molecule has 0 heterocycles. The van der Waals surface area contributed by atoms with Crippen LogP contribution in [0.2, 0.25) is 5.02 Å². The topological polar surface area (TPSA) is 84.9 Å². The molecule has 8 heteroatoms. The van der Waals surface area contributed by atoms with Crippen LogP contribution in [0.4, 0.5) is 0 Å². The fraction of sp³-hybridized carbons (Fsp3) is 0.375. The molecular weight excluding hydrogens is 546 g/mol. The summed E-state index contributed by atoms with van der Waals surface area (Å²) in [6.45, 7) is 9.54. The second-order valence-electron chi connectivity index (χ2n) is 8.54. The Morgan fingerprint density at radius 3 is 2.20 bits per heavy atom. The van der Waals surface area contributed by atoms with Crippen molar-refractivity contribution in [2.45, 2.75) is 53.4 Å². The molecule has 0 aromatic heterocycles. The summed E-state index contributed by atoms with van der Waals surface area (Å²) in [5.74, 6) is -0.797. The Labute approximate surface area is 248 Å². The number of aliphatic carboxylic acids is 1. The number of hydrogen-bond donors (Lipinski definition) is 2. The summed E-state index contributed by atoms with van der Waals surface area (Å²) < 4.78 is 10.4. The van der Waals surface area contributed by atoms with E-state index in [1.807, 2.05) is 94.6 Å². The third-order valence-electron chi connectivity index (χ3n) is 5.69. The highest BCUT2D eigenvalue weighted by atomic mass is 35.5. The van der Waals surface area contributed by atoms with Gasteiger partial charge in [-0.25, -0.2) is 4.79 Å². The van der Waals surface area contributed by atoms with Gasteiger partial charge in [0.15, 0.2) is 0 Å².